The molecule has 3 nitrogen and oxygen atoms in total. The monoisotopic (exact) mass is 303 g/mol. The van der Waals surface area contributed by atoms with Gasteiger partial charge < -0.3 is 5.73 Å². The predicted molar refractivity (Wildman–Crippen MR) is 86.2 cm³/mol. The van der Waals surface area contributed by atoms with Crippen molar-refractivity contribution >= 4 is 9.84 Å². The molecule has 0 amide bonds. The molecule has 0 saturated heterocycles. The molecule has 2 aromatic rings. The second-order valence-corrected chi connectivity index (χ2v) is 7.63. The summed E-state index contributed by atoms with van der Waals surface area (Å²) in [5, 5.41) is 0. The zero-order valence-corrected chi connectivity index (χ0v) is 13.7. The Kier molecular flexibility index (Phi) is 4.21. The maximum atomic E-state index is 11.5. The summed E-state index contributed by atoms with van der Waals surface area (Å²) in [7, 11) is -3.17. The van der Waals surface area contributed by atoms with Gasteiger partial charge in [0.05, 0.1) is 10.9 Å². The van der Waals surface area contributed by atoms with Crippen LogP contribution in [0.25, 0.3) is 0 Å². The number of aryl methyl sites for hydroxylation is 3. The van der Waals surface area contributed by atoms with Crippen molar-refractivity contribution in [2.75, 3.05) is 6.26 Å². The SMILES string of the molecule is Cc1cc(C)c(C(N)c2ccc(S(C)(=O)=O)cc2)cc1C. The van der Waals surface area contributed by atoms with E-state index < -0.39 is 9.84 Å². The Balaban J connectivity index is 2.41. The zero-order valence-electron chi connectivity index (χ0n) is 12.8. The molecule has 0 aliphatic rings. The molecule has 0 heterocycles. The van der Waals surface area contributed by atoms with E-state index in [0.717, 1.165) is 16.7 Å². The lowest BCUT2D eigenvalue weighted by atomic mass is 9.92. The first-order valence-electron chi connectivity index (χ1n) is 6.83. The molecule has 0 aromatic heterocycles. The van der Waals surface area contributed by atoms with E-state index in [1.165, 1.54) is 17.4 Å². The van der Waals surface area contributed by atoms with Crippen LogP contribution >= 0.6 is 0 Å². The van der Waals surface area contributed by atoms with Crippen molar-refractivity contribution in [2.45, 2.75) is 31.7 Å². The minimum absolute atomic E-state index is 0.252. The van der Waals surface area contributed by atoms with Crippen molar-refractivity contribution in [3.05, 3.63) is 64.2 Å². The van der Waals surface area contributed by atoms with Gasteiger partial charge in [0, 0.05) is 6.26 Å². The first-order valence-corrected chi connectivity index (χ1v) is 8.72. The van der Waals surface area contributed by atoms with E-state index in [0.29, 0.717) is 4.90 Å². The third-order valence-electron chi connectivity index (χ3n) is 3.88. The second-order valence-electron chi connectivity index (χ2n) is 5.61. The molecule has 4 heteroatoms. The Bertz CT molecular complexity index is 762. The predicted octanol–water partition coefficient (Wildman–Crippen LogP) is 3.06. The van der Waals surface area contributed by atoms with Crippen LogP contribution in [0, 0.1) is 20.8 Å². The van der Waals surface area contributed by atoms with E-state index in [4.69, 9.17) is 5.73 Å². The minimum atomic E-state index is -3.17. The van der Waals surface area contributed by atoms with Crippen molar-refractivity contribution in [3.63, 3.8) is 0 Å². The smallest absolute Gasteiger partial charge is 0.175 e. The van der Waals surface area contributed by atoms with E-state index in [2.05, 4.69) is 26.0 Å². The Morgan fingerprint density at radius 3 is 1.95 bits per heavy atom. The summed E-state index contributed by atoms with van der Waals surface area (Å²) in [6, 6.07) is 10.8. The van der Waals surface area contributed by atoms with Crippen LogP contribution in [-0.2, 0) is 9.84 Å². The third kappa shape index (κ3) is 3.34. The molecule has 0 spiro atoms. The van der Waals surface area contributed by atoms with Crippen LogP contribution in [0.4, 0.5) is 0 Å². The summed E-state index contributed by atoms with van der Waals surface area (Å²) >= 11 is 0. The molecule has 1 unspecified atom stereocenters. The van der Waals surface area contributed by atoms with Crippen molar-refractivity contribution in [3.8, 4) is 0 Å². The largest absolute Gasteiger partial charge is 0.320 e. The van der Waals surface area contributed by atoms with Gasteiger partial charge in [0.25, 0.3) is 0 Å². The van der Waals surface area contributed by atoms with Crippen LogP contribution in [0.1, 0.15) is 33.9 Å². The number of sulfone groups is 1. The summed E-state index contributed by atoms with van der Waals surface area (Å²) in [6.07, 6.45) is 1.20. The molecule has 0 bridgehead atoms. The molecule has 112 valence electrons. The van der Waals surface area contributed by atoms with Gasteiger partial charge in [0.15, 0.2) is 9.84 Å². The summed E-state index contributed by atoms with van der Waals surface area (Å²) in [6.45, 7) is 6.20. The Hall–Kier alpha value is -1.65. The number of nitrogens with two attached hydrogens (primary N) is 1. The lowest BCUT2D eigenvalue weighted by Crippen LogP contribution is -2.14. The summed E-state index contributed by atoms with van der Waals surface area (Å²) in [5.41, 5.74) is 11.9. The highest BCUT2D eigenvalue weighted by Gasteiger charge is 2.14. The Labute approximate surface area is 126 Å². The molecule has 2 rings (SSSR count). The van der Waals surface area contributed by atoms with Gasteiger partial charge in [-0.15, -0.1) is 0 Å². The highest BCUT2D eigenvalue weighted by atomic mass is 32.2. The number of rotatable bonds is 3. The Morgan fingerprint density at radius 1 is 0.905 bits per heavy atom. The van der Waals surface area contributed by atoms with Crippen molar-refractivity contribution in [1.82, 2.24) is 0 Å². The summed E-state index contributed by atoms with van der Waals surface area (Å²) in [4.78, 5) is 0.315. The second kappa shape index (κ2) is 5.62. The van der Waals surface area contributed by atoms with Gasteiger partial charge in [-0.2, -0.15) is 0 Å². The van der Waals surface area contributed by atoms with Crippen LogP contribution in [0.3, 0.4) is 0 Å². The number of hydrogen-bond donors (Lipinski definition) is 1. The molecule has 1 atom stereocenters. The van der Waals surface area contributed by atoms with Crippen LogP contribution in [0.2, 0.25) is 0 Å². The van der Waals surface area contributed by atoms with E-state index >= 15 is 0 Å². The van der Waals surface area contributed by atoms with Gasteiger partial charge in [-0.1, -0.05) is 24.3 Å². The average Bonchev–Trinajstić information content (AvgIpc) is 2.41. The summed E-state index contributed by atoms with van der Waals surface area (Å²) < 4.78 is 23.0. The van der Waals surface area contributed by atoms with Crippen LogP contribution < -0.4 is 5.73 Å². The van der Waals surface area contributed by atoms with Gasteiger partial charge >= 0.3 is 0 Å². The lowest BCUT2D eigenvalue weighted by molar-refractivity contribution is 0.602. The highest BCUT2D eigenvalue weighted by Crippen LogP contribution is 2.26. The molecule has 0 aliphatic heterocycles. The van der Waals surface area contributed by atoms with Crippen LogP contribution in [0.5, 0.6) is 0 Å². The first kappa shape index (κ1) is 15.7. The standard InChI is InChI=1S/C17H21NO2S/c1-11-9-13(3)16(10-12(11)2)17(18)14-5-7-15(8-6-14)21(4,19)20/h5-10,17H,18H2,1-4H3. The molecule has 2 aromatic carbocycles. The fraction of sp³-hybridized carbons (Fsp3) is 0.294. The fourth-order valence-electron chi connectivity index (χ4n) is 2.42. The van der Waals surface area contributed by atoms with Crippen LogP contribution in [0.15, 0.2) is 41.3 Å². The third-order valence-corrected chi connectivity index (χ3v) is 5.01. The number of benzene rings is 2. The molecule has 0 saturated carbocycles. The Morgan fingerprint density at radius 2 is 1.43 bits per heavy atom. The van der Waals surface area contributed by atoms with E-state index in [1.807, 2.05) is 6.92 Å². The van der Waals surface area contributed by atoms with Gasteiger partial charge in [0.1, 0.15) is 0 Å². The van der Waals surface area contributed by atoms with Gasteiger partial charge in [-0.3, -0.25) is 0 Å². The average molecular weight is 303 g/mol. The van der Waals surface area contributed by atoms with Gasteiger partial charge in [-0.05, 0) is 60.7 Å². The maximum absolute atomic E-state index is 11.5. The first-order chi connectivity index (χ1) is 9.70. The van der Waals surface area contributed by atoms with Gasteiger partial charge in [0.2, 0.25) is 0 Å². The van der Waals surface area contributed by atoms with Crippen molar-refractivity contribution < 1.29 is 8.42 Å². The summed E-state index contributed by atoms with van der Waals surface area (Å²) in [5.74, 6) is 0. The normalized spacial score (nSPS) is 13.2. The zero-order chi connectivity index (χ0) is 15.8. The minimum Gasteiger partial charge on any atom is -0.320 e. The maximum Gasteiger partial charge on any atom is 0.175 e. The quantitative estimate of drug-likeness (QED) is 0.948. The van der Waals surface area contributed by atoms with E-state index in [9.17, 15) is 8.42 Å². The lowest BCUT2D eigenvalue weighted by Gasteiger charge is -2.17. The van der Waals surface area contributed by atoms with Crippen molar-refractivity contribution in [2.24, 2.45) is 5.73 Å². The molecular weight excluding hydrogens is 282 g/mol. The van der Waals surface area contributed by atoms with E-state index in [1.54, 1.807) is 24.3 Å². The molecule has 0 fully saturated rings. The van der Waals surface area contributed by atoms with E-state index in [-0.39, 0.29) is 6.04 Å². The van der Waals surface area contributed by atoms with Gasteiger partial charge in [-0.25, -0.2) is 8.42 Å². The molecular formula is C17H21NO2S. The molecule has 2 N–H and O–H groups in total. The molecule has 0 aliphatic carbocycles. The fourth-order valence-corrected chi connectivity index (χ4v) is 3.05. The molecule has 0 radical (unpaired) electrons. The molecule has 21 heavy (non-hydrogen) atoms. The topological polar surface area (TPSA) is 60.2 Å². The number of hydrogen-bond acceptors (Lipinski definition) is 3. The highest BCUT2D eigenvalue weighted by molar-refractivity contribution is 7.90. The van der Waals surface area contributed by atoms with Crippen molar-refractivity contribution in [1.29, 1.82) is 0 Å². The van der Waals surface area contributed by atoms with Crippen LogP contribution in [-0.4, -0.2) is 14.7 Å².